The van der Waals surface area contributed by atoms with Gasteiger partial charge in [0.1, 0.15) is 18.0 Å². The lowest BCUT2D eigenvalue weighted by Crippen LogP contribution is -2.28. The summed E-state index contributed by atoms with van der Waals surface area (Å²) in [5.74, 6) is 1.56. The molecule has 62 heavy (non-hydrogen) atoms. The topological polar surface area (TPSA) is 27.9 Å². The molecule has 0 bridgehead atoms. The van der Waals surface area contributed by atoms with Crippen molar-refractivity contribution in [1.82, 2.24) is 0 Å². The first-order chi connectivity index (χ1) is 29.9. The van der Waals surface area contributed by atoms with Crippen molar-refractivity contribution in [3.63, 3.8) is 0 Å². The predicted molar refractivity (Wildman–Crippen MR) is 264 cm³/mol. The van der Waals surface area contributed by atoms with Gasteiger partial charge in [-0.3, -0.25) is 0 Å². The van der Waals surface area contributed by atoms with Crippen LogP contribution in [0.1, 0.15) is 71.9 Å². The molecule has 0 spiro atoms. The fourth-order valence-corrected chi connectivity index (χ4v) is 10.8. The molecule has 318 valence electrons. The van der Waals surface area contributed by atoms with E-state index in [0.717, 1.165) is 53.6 Å². The SMILES string of the molecule is CCN1/C(=C/C=C2\CCCC(/C=C/C3=[N+](CC)c4ccc(OSc5cccc(Cl)c5)cc4C3(C)C)=C2N(C)c2ccccc2)C(C)(C)c2cc(SOc3cccc(Cl)c3)ccc21. The summed E-state index contributed by atoms with van der Waals surface area (Å²) in [5.41, 5.74) is 12.3. The van der Waals surface area contributed by atoms with Crippen molar-refractivity contribution < 1.29 is 12.9 Å². The van der Waals surface area contributed by atoms with Gasteiger partial charge in [-0.25, -0.2) is 0 Å². The molecule has 5 aromatic rings. The molecule has 1 aliphatic carbocycles. The first-order valence-electron chi connectivity index (χ1n) is 21.4. The molecule has 0 saturated carbocycles. The molecule has 0 fully saturated rings. The van der Waals surface area contributed by atoms with Gasteiger partial charge in [0.15, 0.2) is 5.71 Å². The van der Waals surface area contributed by atoms with Gasteiger partial charge in [-0.15, -0.1) is 0 Å². The van der Waals surface area contributed by atoms with Gasteiger partial charge in [0.05, 0.1) is 29.5 Å². The minimum absolute atomic E-state index is 0.218. The molecule has 5 nitrogen and oxygen atoms in total. The van der Waals surface area contributed by atoms with Gasteiger partial charge in [0, 0.05) is 85.4 Å². The van der Waals surface area contributed by atoms with Crippen LogP contribution in [0.3, 0.4) is 0 Å². The van der Waals surface area contributed by atoms with E-state index in [-0.39, 0.29) is 10.8 Å². The minimum Gasteiger partial charge on any atom is -0.421 e. The highest BCUT2D eigenvalue weighted by atomic mass is 35.5. The van der Waals surface area contributed by atoms with E-state index in [1.54, 1.807) is 0 Å². The Balaban J connectivity index is 1.12. The van der Waals surface area contributed by atoms with E-state index >= 15 is 0 Å². The van der Waals surface area contributed by atoms with Crippen LogP contribution in [-0.2, 0) is 10.8 Å². The second-order valence-corrected chi connectivity index (χ2v) is 19.4. The van der Waals surface area contributed by atoms with Crippen LogP contribution >= 0.6 is 47.3 Å². The third-order valence-electron chi connectivity index (χ3n) is 12.3. The molecule has 2 aliphatic heterocycles. The molecule has 3 aliphatic rings. The van der Waals surface area contributed by atoms with Crippen molar-refractivity contribution in [1.29, 1.82) is 0 Å². The first-order valence-corrected chi connectivity index (χ1v) is 23.7. The Hall–Kier alpha value is -4.79. The van der Waals surface area contributed by atoms with Crippen LogP contribution in [-0.4, -0.2) is 30.4 Å². The minimum atomic E-state index is -0.238. The number of hydrogen-bond acceptors (Lipinski definition) is 6. The largest absolute Gasteiger partial charge is 0.421 e. The fourth-order valence-electron chi connectivity index (χ4n) is 9.13. The summed E-state index contributed by atoms with van der Waals surface area (Å²) in [6.07, 6.45) is 12.6. The fraction of sp³-hybridized carbons (Fsp3) is 0.264. The lowest BCUT2D eigenvalue weighted by atomic mass is 9.80. The summed E-state index contributed by atoms with van der Waals surface area (Å²) < 4.78 is 14.8. The molecule has 0 N–H and O–H groups in total. The number of halogens is 2. The van der Waals surface area contributed by atoms with Crippen molar-refractivity contribution in [2.45, 2.75) is 81.4 Å². The number of anilines is 2. The van der Waals surface area contributed by atoms with Crippen molar-refractivity contribution in [2.24, 2.45) is 0 Å². The number of likely N-dealkylation sites (N-methyl/N-ethyl adjacent to an activating group) is 2. The zero-order chi connectivity index (χ0) is 43.6. The van der Waals surface area contributed by atoms with E-state index in [1.807, 2.05) is 48.5 Å². The van der Waals surface area contributed by atoms with Crippen LogP contribution in [0, 0.1) is 0 Å². The molecule has 0 unspecified atom stereocenters. The Bertz CT molecular complexity index is 2650. The lowest BCUT2D eigenvalue weighted by molar-refractivity contribution is -0.433. The Morgan fingerprint density at radius 2 is 1.42 bits per heavy atom. The Labute approximate surface area is 386 Å². The van der Waals surface area contributed by atoms with Crippen molar-refractivity contribution in [3.05, 3.63) is 183 Å². The second kappa shape index (κ2) is 18.5. The van der Waals surface area contributed by atoms with Gasteiger partial charge < -0.3 is 18.2 Å². The number of nitrogens with zero attached hydrogens (tertiary/aromatic N) is 3. The molecule has 2 heterocycles. The number of allylic oxidation sites excluding steroid dienone is 7. The standard InChI is InChI=1S/C53H54Cl2N3O2S2/c1-8-57-47-28-26-42(60-61-43-23-15-19-39(55)33-43)34-45(47)52(3,4)49(57)30-24-36-16-13-17-37(51(36)56(7)40-20-11-10-12-21-40)25-31-50-53(5,6)46-35-44(27-29-48(46)58(50)9-2)62-59-41-22-14-18-38(54)32-41/h10-12,14-15,18-35H,8-9,13,16-17H2,1-7H3/q+1. The Morgan fingerprint density at radius 3 is 2.13 bits per heavy atom. The maximum absolute atomic E-state index is 6.25. The molecule has 0 amide bonds. The second-order valence-electron chi connectivity index (χ2n) is 16.9. The summed E-state index contributed by atoms with van der Waals surface area (Å²) in [5, 5.41) is 1.36. The van der Waals surface area contributed by atoms with Gasteiger partial charge >= 0.3 is 0 Å². The van der Waals surface area contributed by atoms with Gasteiger partial charge in [0.25, 0.3) is 0 Å². The summed E-state index contributed by atoms with van der Waals surface area (Å²) in [7, 11) is 2.22. The first kappa shape index (κ1) is 43.8. The summed E-state index contributed by atoms with van der Waals surface area (Å²) >= 11 is 15.2. The Kier molecular flexibility index (Phi) is 13.1. The average Bonchev–Trinajstić information content (AvgIpc) is 3.63. The summed E-state index contributed by atoms with van der Waals surface area (Å²) in [6.45, 7) is 15.5. The van der Waals surface area contributed by atoms with E-state index in [4.69, 9.17) is 31.6 Å². The lowest BCUT2D eigenvalue weighted by Gasteiger charge is -2.31. The molecule has 0 atom stereocenters. The molecule has 0 aromatic heterocycles. The smallest absolute Gasteiger partial charge is 0.210 e. The molecule has 0 radical (unpaired) electrons. The van der Waals surface area contributed by atoms with Crippen molar-refractivity contribution >= 4 is 70.1 Å². The highest BCUT2D eigenvalue weighted by Crippen LogP contribution is 2.49. The predicted octanol–water partition coefficient (Wildman–Crippen LogP) is 15.3. The van der Waals surface area contributed by atoms with Gasteiger partial charge in [-0.05, 0) is 143 Å². The zero-order valence-electron chi connectivity index (χ0n) is 36.5. The van der Waals surface area contributed by atoms with Crippen LogP contribution in [0.5, 0.6) is 11.5 Å². The molecule has 9 heteroatoms. The maximum atomic E-state index is 6.25. The quantitative estimate of drug-likeness (QED) is 0.0864. The van der Waals surface area contributed by atoms with E-state index in [9.17, 15) is 0 Å². The molecule has 0 saturated heterocycles. The average molecular weight is 900 g/mol. The monoisotopic (exact) mass is 898 g/mol. The number of fused-ring (bicyclic) bond motifs is 2. The van der Waals surface area contributed by atoms with Crippen LogP contribution in [0.15, 0.2) is 172 Å². The Morgan fingerprint density at radius 1 is 0.710 bits per heavy atom. The third-order valence-corrected chi connectivity index (χ3v) is 14.2. The van der Waals surface area contributed by atoms with Crippen LogP contribution < -0.4 is 18.2 Å². The normalized spacial score (nSPS) is 17.9. The van der Waals surface area contributed by atoms with Crippen molar-refractivity contribution in [3.8, 4) is 11.5 Å². The zero-order valence-corrected chi connectivity index (χ0v) is 39.7. The van der Waals surface area contributed by atoms with Crippen LogP contribution in [0.2, 0.25) is 10.0 Å². The number of para-hydroxylation sites is 1. The van der Waals surface area contributed by atoms with Crippen LogP contribution in [0.4, 0.5) is 17.1 Å². The molecular weight excluding hydrogens is 846 g/mol. The molecular formula is C53H54Cl2N3O2S2+. The van der Waals surface area contributed by atoms with Crippen LogP contribution in [0.25, 0.3) is 0 Å². The van der Waals surface area contributed by atoms with Crippen molar-refractivity contribution in [2.75, 3.05) is 29.9 Å². The highest BCUT2D eigenvalue weighted by Gasteiger charge is 2.44. The van der Waals surface area contributed by atoms with E-state index in [0.29, 0.717) is 10.0 Å². The molecule has 8 rings (SSSR count). The number of benzene rings is 5. The van der Waals surface area contributed by atoms with Gasteiger partial charge in [-0.1, -0.05) is 79.5 Å². The number of rotatable bonds is 13. The number of hydrogen-bond donors (Lipinski definition) is 0. The van der Waals surface area contributed by atoms with E-state index < -0.39 is 0 Å². The highest BCUT2D eigenvalue weighted by molar-refractivity contribution is 7.95. The summed E-state index contributed by atoms with van der Waals surface area (Å²) in [4.78, 5) is 6.88. The van der Waals surface area contributed by atoms with Gasteiger partial charge in [-0.2, -0.15) is 4.58 Å². The van der Waals surface area contributed by atoms with E-state index in [1.165, 1.54) is 80.5 Å². The molecule has 5 aromatic carbocycles. The van der Waals surface area contributed by atoms with E-state index in [2.05, 4.69) is 154 Å². The third kappa shape index (κ3) is 8.87. The maximum Gasteiger partial charge on any atom is 0.210 e. The van der Waals surface area contributed by atoms with Gasteiger partial charge in [0.2, 0.25) is 5.69 Å². The summed E-state index contributed by atoms with van der Waals surface area (Å²) in [6, 6.07) is 39.2.